The van der Waals surface area contributed by atoms with Crippen LogP contribution in [0, 0.1) is 5.41 Å². The lowest BCUT2D eigenvalue weighted by atomic mass is 9.86. The number of carboxylic acids is 2. The molecule has 0 saturated carbocycles. The maximum Gasteiger partial charge on any atom is 0.318 e. The summed E-state index contributed by atoms with van der Waals surface area (Å²) in [6.07, 6.45) is 3.82. The van der Waals surface area contributed by atoms with E-state index >= 15 is 0 Å². The molecule has 2 N–H and O–H groups in total. The van der Waals surface area contributed by atoms with Crippen molar-refractivity contribution in [1.29, 1.82) is 0 Å². The topological polar surface area (TPSA) is 74.6 Å². The lowest BCUT2D eigenvalue weighted by Gasteiger charge is -2.29. The average Bonchev–Trinajstić information content (AvgIpc) is 2.68. The van der Waals surface area contributed by atoms with Gasteiger partial charge in [0.1, 0.15) is 10.7 Å². The molecule has 88 valence electrons. The Labute approximate surface area is 99.8 Å². The molecule has 2 heterocycles. The lowest BCUT2D eigenvalue weighted by Crippen LogP contribution is -2.41. The van der Waals surface area contributed by atoms with E-state index in [0.29, 0.717) is 0 Å². The number of thiol groups is 1. The van der Waals surface area contributed by atoms with Crippen molar-refractivity contribution in [2.24, 2.45) is 5.41 Å². The van der Waals surface area contributed by atoms with Gasteiger partial charge in [0.2, 0.25) is 0 Å². The Morgan fingerprint density at radius 1 is 1.50 bits per heavy atom. The van der Waals surface area contributed by atoms with E-state index in [2.05, 4.69) is 0 Å². The normalized spacial score (nSPS) is 38.9. The Balaban J connectivity index is 2.51. The summed E-state index contributed by atoms with van der Waals surface area (Å²) in [5, 5.41) is 19.5. The molecule has 3 atom stereocenters. The van der Waals surface area contributed by atoms with Crippen LogP contribution < -0.4 is 0 Å². The number of rotatable bonds is 2. The largest absolute Gasteiger partial charge is 0.481 e. The summed E-state index contributed by atoms with van der Waals surface area (Å²) in [6, 6.07) is 0. The minimum Gasteiger partial charge on any atom is -0.481 e. The fourth-order valence-electron chi connectivity index (χ4n) is 2.10. The number of hydrogen-bond donors (Lipinski definition) is 3. The van der Waals surface area contributed by atoms with Crippen LogP contribution in [-0.2, 0) is 9.59 Å². The van der Waals surface area contributed by atoms with Crippen molar-refractivity contribution in [3.05, 3.63) is 21.3 Å². The van der Waals surface area contributed by atoms with Gasteiger partial charge in [0.15, 0.2) is 0 Å². The number of hydrogen-bond acceptors (Lipinski definition) is 3. The SMILES string of the molecule is C[SH]1C=CC2=C1C(C)(C(=O)O)C(C(=O)O)S2. The number of carboxylic acid groups (broad SMARTS) is 2. The zero-order valence-corrected chi connectivity index (χ0v) is 10.5. The Kier molecular flexibility index (Phi) is 2.58. The van der Waals surface area contributed by atoms with Gasteiger partial charge < -0.3 is 10.2 Å². The molecule has 0 saturated heterocycles. The van der Waals surface area contributed by atoms with Crippen molar-refractivity contribution in [2.45, 2.75) is 12.2 Å². The molecule has 0 radical (unpaired) electrons. The van der Waals surface area contributed by atoms with Crippen molar-refractivity contribution in [3.63, 3.8) is 0 Å². The van der Waals surface area contributed by atoms with E-state index in [-0.39, 0.29) is 0 Å². The van der Waals surface area contributed by atoms with Gasteiger partial charge in [0.25, 0.3) is 0 Å². The Hall–Kier alpha value is -0.880. The third-order valence-electron chi connectivity index (χ3n) is 2.97. The van der Waals surface area contributed by atoms with E-state index in [4.69, 9.17) is 5.11 Å². The second-order valence-corrected chi connectivity index (χ2v) is 7.10. The lowest BCUT2D eigenvalue weighted by molar-refractivity contribution is -0.150. The third-order valence-corrected chi connectivity index (χ3v) is 6.63. The summed E-state index contributed by atoms with van der Waals surface area (Å²) >= 11 is 1.16. The van der Waals surface area contributed by atoms with Gasteiger partial charge in [-0.25, -0.2) is 10.9 Å². The first kappa shape index (κ1) is 11.6. The van der Waals surface area contributed by atoms with E-state index in [1.807, 2.05) is 17.7 Å². The first-order valence-corrected chi connectivity index (χ1v) is 7.41. The van der Waals surface area contributed by atoms with Crippen LogP contribution in [0.1, 0.15) is 6.92 Å². The van der Waals surface area contributed by atoms with Crippen molar-refractivity contribution < 1.29 is 19.8 Å². The highest BCUT2D eigenvalue weighted by molar-refractivity contribution is 8.23. The molecule has 0 fully saturated rings. The van der Waals surface area contributed by atoms with Crippen molar-refractivity contribution >= 4 is 34.6 Å². The monoisotopic (exact) mass is 260 g/mol. The summed E-state index contributed by atoms with van der Waals surface area (Å²) in [5.74, 6) is -2.10. The summed E-state index contributed by atoms with van der Waals surface area (Å²) in [7, 11) is -0.643. The maximum absolute atomic E-state index is 11.4. The number of aliphatic carboxylic acids is 2. The van der Waals surface area contributed by atoms with Crippen molar-refractivity contribution in [2.75, 3.05) is 6.26 Å². The van der Waals surface area contributed by atoms with E-state index in [1.165, 1.54) is 6.92 Å². The van der Waals surface area contributed by atoms with Crippen LogP contribution in [0.25, 0.3) is 0 Å². The summed E-state index contributed by atoms with van der Waals surface area (Å²) in [6.45, 7) is 1.52. The summed E-state index contributed by atoms with van der Waals surface area (Å²) < 4.78 is 0. The first-order valence-electron chi connectivity index (χ1n) is 4.67. The van der Waals surface area contributed by atoms with Gasteiger partial charge in [-0.05, 0) is 24.7 Å². The van der Waals surface area contributed by atoms with Gasteiger partial charge in [-0.15, -0.1) is 11.8 Å². The first-order chi connectivity index (χ1) is 7.39. The molecule has 0 aromatic heterocycles. The van der Waals surface area contributed by atoms with Crippen molar-refractivity contribution in [3.8, 4) is 0 Å². The van der Waals surface area contributed by atoms with Crippen LogP contribution >= 0.6 is 22.7 Å². The predicted molar refractivity (Wildman–Crippen MR) is 65.8 cm³/mol. The maximum atomic E-state index is 11.4. The highest BCUT2D eigenvalue weighted by Gasteiger charge is 2.56. The molecule has 0 aromatic rings. The van der Waals surface area contributed by atoms with Crippen LogP contribution in [0.2, 0.25) is 0 Å². The quantitative estimate of drug-likeness (QED) is 0.658. The molecular formula is C10H12O4S2. The molecule has 16 heavy (non-hydrogen) atoms. The summed E-state index contributed by atoms with van der Waals surface area (Å²) in [5.41, 5.74) is -1.27. The highest BCUT2D eigenvalue weighted by atomic mass is 32.2. The molecule has 0 aromatic carbocycles. The minimum absolute atomic E-state index is 0.643. The zero-order chi connectivity index (χ0) is 12.1. The molecule has 2 rings (SSSR count). The number of carbonyl (C=O) groups is 2. The van der Waals surface area contributed by atoms with Gasteiger partial charge in [0, 0.05) is 9.81 Å². The number of thioether (sulfide) groups is 1. The zero-order valence-electron chi connectivity index (χ0n) is 8.80. The molecule has 2 aliphatic rings. The molecule has 0 aliphatic carbocycles. The third kappa shape index (κ3) is 1.33. The van der Waals surface area contributed by atoms with Gasteiger partial charge >= 0.3 is 11.9 Å². The van der Waals surface area contributed by atoms with Crippen LogP contribution in [0.3, 0.4) is 0 Å². The number of allylic oxidation sites excluding steroid dienone is 1. The molecule has 4 nitrogen and oxygen atoms in total. The molecule has 3 unspecified atom stereocenters. The standard InChI is InChI=1S/C10H12O4S2/c1-10(9(13)14)6(8(11)12)15-5-3-4-16(2)7(5)10/h3-4,6,16H,1-2H3,(H,11,12)(H,13,14). The molecule has 0 spiro atoms. The van der Waals surface area contributed by atoms with Crippen molar-refractivity contribution in [1.82, 2.24) is 0 Å². The highest BCUT2D eigenvalue weighted by Crippen LogP contribution is 2.62. The summed E-state index contributed by atoms with van der Waals surface area (Å²) in [4.78, 5) is 24.2. The fourth-order valence-corrected chi connectivity index (χ4v) is 6.06. The van der Waals surface area contributed by atoms with Crippen LogP contribution in [-0.4, -0.2) is 33.7 Å². The fraction of sp³-hybridized carbons (Fsp3) is 0.400. The van der Waals surface area contributed by atoms with Crippen LogP contribution in [0.4, 0.5) is 0 Å². The molecule has 2 aliphatic heterocycles. The van der Waals surface area contributed by atoms with Crippen LogP contribution in [0.15, 0.2) is 21.3 Å². The molecule has 6 heteroatoms. The Morgan fingerprint density at radius 3 is 2.62 bits per heavy atom. The second-order valence-electron chi connectivity index (χ2n) is 3.98. The average molecular weight is 260 g/mol. The molecule has 0 amide bonds. The second kappa shape index (κ2) is 3.56. The van der Waals surface area contributed by atoms with E-state index in [9.17, 15) is 14.7 Å². The predicted octanol–water partition coefficient (Wildman–Crippen LogP) is 1.65. The van der Waals surface area contributed by atoms with Gasteiger partial charge in [0.05, 0.1) is 0 Å². The molecule has 0 bridgehead atoms. The van der Waals surface area contributed by atoms with Gasteiger partial charge in [-0.3, -0.25) is 9.59 Å². The van der Waals surface area contributed by atoms with Gasteiger partial charge in [-0.1, -0.05) is 0 Å². The Bertz CT molecular complexity index is 440. The van der Waals surface area contributed by atoms with Crippen LogP contribution in [0.5, 0.6) is 0 Å². The van der Waals surface area contributed by atoms with E-state index in [0.717, 1.165) is 21.6 Å². The smallest absolute Gasteiger partial charge is 0.318 e. The van der Waals surface area contributed by atoms with E-state index in [1.54, 1.807) is 0 Å². The molecular weight excluding hydrogens is 248 g/mol. The van der Waals surface area contributed by atoms with Gasteiger partial charge in [-0.2, -0.15) is 0 Å². The Morgan fingerprint density at radius 2 is 2.12 bits per heavy atom. The van der Waals surface area contributed by atoms with E-state index < -0.39 is 33.5 Å². The minimum atomic E-state index is -1.27.